The molecule has 2 N–H and O–H groups in total. The van der Waals surface area contributed by atoms with Crippen molar-refractivity contribution in [1.29, 1.82) is 0 Å². The lowest BCUT2D eigenvalue weighted by molar-refractivity contribution is -0.143. The fourth-order valence-corrected chi connectivity index (χ4v) is 1.15. The zero-order valence-electron chi connectivity index (χ0n) is 9.01. The number of ether oxygens (including phenoxy) is 1. The minimum Gasteiger partial charge on any atom is -0.467 e. The first-order chi connectivity index (χ1) is 7.60. The second-order valence-electron chi connectivity index (χ2n) is 3.07. The van der Waals surface area contributed by atoms with E-state index < -0.39 is 24.5 Å². The Balaban J connectivity index is 2.70. The summed E-state index contributed by atoms with van der Waals surface area (Å²) in [7, 11) is 2.78. The van der Waals surface area contributed by atoms with Gasteiger partial charge in [-0.1, -0.05) is 0 Å². The number of amides is 1. The van der Waals surface area contributed by atoms with E-state index in [1.807, 2.05) is 0 Å². The Bertz CT molecular complexity index is 388. The number of rotatable bonds is 4. The van der Waals surface area contributed by atoms with Gasteiger partial charge >= 0.3 is 5.97 Å². The normalized spacial score (nSPS) is 11.9. The second kappa shape index (κ2) is 5.26. The van der Waals surface area contributed by atoms with Crippen LogP contribution in [0.3, 0.4) is 0 Å². The molecule has 0 fully saturated rings. The first-order valence-corrected chi connectivity index (χ1v) is 4.57. The van der Waals surface area contributed by atoms with E-state index in [-0.39, 0.29) is 0 Å². The van der Waals surface area contributed by atoms with Crippen LogP contribution in [0.2, 0.25) is 0 Å². The van der Waals surface area contributed by atoms with Gasteiger partial charge in [-0.05, 0) is 6.07 Å². The third-order valence-corrected chi connectivity index (χ3v) is 2.03. The molecule has 0 aliphatic heterocycles. The van der Waals surface area contributed by atoms with Crippen molar-refractivity contribution < 1.29 is 19.4 Å². The molecule has 0 spiro atoms. The summed E-state index contributed by atoms with van der Waals surface area (Å²) in [6.07, 6.45) is 1.46. The molecule has 0 bridgehead atoms. The quantitative estimate of drug-likeness (QED) is 0.622. The molecular weight excluding hydrogens is 214 g/mol. The molecule has 16 heavy (non-hydrogen) atoms. The maximum Gasteiger partial charge on any atom is 0.330 e. The van der Waals surface area contributed by atoms with Crippen molar-refractivity contribution >= 4 is 11.9 Å². The van der Waals surface area contributed by atoms with E-state index >= 15 is 0 Å². The fourth-order valence-electron chi connectivity index (χ4n) is 1.15. The summed E-state index contributed by atoms with van der Waals surface area (Å²) in [5.74, 6) is -1.19. The Kier molecular flexibility index (Phi) is 4.01. The van der Waals surface area contributed by atoms with Crippen molar-refractivity contribution in [3.05, 3.63) is 18.0 Å². The maximum atomic E-state index is 11.6. The van der Waals surface area contributed by atoms with E-state index in [4.69, 9.17) is 5.11 Å². The molecule has 1 aromatic heterocycles. The van der Waals surface area contributed by atoms with Crippen molar-refractivity contribution in [2.24, 2.45) is 7.05 Å². The third-order valence-electron chi connectivity index (χ3n) is 2.03. The lowest BCUT2D eigenvalue weighted by Gasteiger charge is -2.13. The van der Waals surface area contributed by atoms with Gasteiger partial charge in [-0.15, -0.1) is 0 Å². The summed E-state index contributed by atoms with van der Waals surface area (Å²) in [6, 6.07) is 0.438. The van der Waals surface area contributed by atoms with Gasteiger partial charge in [0.05, 0.1) is 13.7 Å². The van der Waals surface area contributed by atoms with Gasteiger partial charge in [0.1, 0.15) is 5.69 Å². The molecule has 7 heteroatoms. The molecule has 1 amide bonds. The SMILES string of the molecule is COC(=O)C(CO)NC(=O)c1ccnn1C. The van der Waals surface area contributed by atoms with E-state index in [2.05, 4.69) is 15.2 Å². The summed E-state index contributed by atoms with van der Waals surface area (Å²) in [4.78, 5) is 22.7. The number of methoxy groups -OCH3 is 1. The number of aliphatic hydroxyl groups is 1. The highest BCUT2D eigenvalue weighted by Gasteiger charge is 2.22. The predicted molar refractivity (Wildman–Crippen MR) is 53.6 cm³/mol. The summed E-state index contributed by atoms with van der Waals surface area (Å²) in [5, 5.41) is 15.1. The zero-order valence-corrected chi connectivity index (χ0v) is 9.01. The van der Waals surface area contributed by atoms with Crippen LogP contribution >= 0.6 is 0 Å². The fraction of sp³-hybridized carbons (Fsp3) is 0.444. The minimum atomic E-state index is -1.06. The van der Waals surface area contributed by atoms with Crippen LogP contribution in [0.25, 0.3) is 0 Å². The molecule has 1 heterocycles. The highest BCUT2D eigenvalue weighted by Crippen LogP contribution is 1.97. The number of esters is 1. The predicted octanol–water partition coefficient (Wildman–Crippen LogP) is -1.32. The molecule has 0 aromatic carbocycles. The molecule has 0 aliphatic carbocycles. The molecule has 1 aromatic rings. The lowest BCUT2D eigenvalue weighted by Crippen LogP contribution is -2.44. The van der Waals surface area contributed by atoms with Gasteiger partial charge in [-0.25, -0.2) is 4.79 Å². The summed E-state index contributed by atoms with van der Waals surface area (Å²) in [6.45, 7) is -0.518. The average molecular weight is 227 g/mol. The van der Waals surface area contributed by atoms with Crippen molar-refractivity contribution in [3.63, 3.8) is 0 Å². The smallest absolute Gasteiger partial charge is 0.330 e. The van der Waals surface area contributed by atoms with E-state index in [0.717, 1.165) is 0 Å². The van der Waals surface area contributed by atoms with E-state index in [0.29, 0.717) is 5.69 Å². The first-order valence-electron chi connectivity index (χ1n) is 4.57. The number of aromatic nitrogens is 2. The van der Waals surface area contributed by atoms with Gasteiger partial charge in [-0.2, -0.15) is 5.10 Å². The Morgan fingerprint density at radius 3 is 2.81 bits per heavy atom. The van der Waals surface area contributed by atoms with Crippen molar-refractivity contribution in [2.75, 3.05) is 13.7 Å². The van der Waals surface area contributed by atoms with E-state index in [9.17, 15) is 9.59 Å². The average Bonchev–Trinajstić information content (AvgIpc) is 2.71. The molecule has 7 nitrogen and oxygen atoms in total. The Morgan fingerprint density at radius 2 is 2.38 bits per heavy atom. The van der Waals surface area contributed by atoms with Crippen LogP contribution in [-0.2, 0) is 16.6 Å². The topological polar surface area (TPSA) is 93.4 Å². The van der Waals surface area contributed by atoms with Crippen LogP contribution in [0.1, 0.15) is 10.5 Å². The zero-order chi connectivity index (χ0) is 12.1. The molecule has 0 radical (unpaired) electrons. The molecule has 0 saturated carbocycles. The first kappa shape index (κ1) is 12.2. The summed E-state index contributed by atoms with van der Waals surface area (Å²) >= 11 is 0. The molecule has 1 atom stereocenters. The van der Waals surface area contributed by atoms with Crippen LogP contribution in [-0.4, -0.2) is 46.5 Å². The largest absolute Gasteiger partial charge is 0.467 e. The van der Waals surface area contributed by atoms with E-state index in [1.165, 1.54) is 24.1 Å². The highest BCUT2D eigenvalue weighted by atomic mass is 16.5. The maximum absolute atomic E-state index is 11.6. The monoisotopic (exact) mass is 227 g/mol. The molecule has 0 aliphatic rings. The van der Waals surface area contributed by atoms with E-state index in [1.54, 1.807) is 7.05 Å². The molecule has 0 saturated heterocycles. The van der Waals surface area contributed by atoms with Crippen LogP contribution < -0.4 is 5.32 Å². The standard InChI is InChI=1S/C9H13N3O4/c1-12-7(3-4-10-12)8(14)11-6(5-13)9(15)16-2/h3-4,6,13H,5H2,1-2H3,(H,11,14). The molecular formula is C9H13N3O4. The van der Waals surface area contributed by atoms with Gasteiger partial charge in [0.15, 0.2) is 6.04 Å². The van der Waals surface area contributed by atoms with Gasteiger partial charge in [-0.3, -0.25) is 9.48 Å². The highest BCUT2D eigenvalue weighted by molar-refractivity contribution is 5.95. The van der Waals surface area contributed by atoms with Gasteiger partial charge in [0.2, 0.25) is 0 Å². The van der Waals surface area contributed by atoms with Gasteiger partial charge < -0.3 is 15.2 Å². The summed E-state index contributed by atoms with van der Waals surface area (Å²) < 4.78 is 5.78. The minimum absolute atomic E-state index is 0.294. The molecule has 1 unspecified atom stereocenters. The Hall–Kier alpha value is -1.89. The summed E-state index contributed by atoms with van der Waals surface area (Å²) in [5.41, 5.74) is 0.294. The van der Waals surface area contributed by atoms with Crippen LogP contribution in [0, 0.1) is 0 Å². The van der Waals surface area contributed by atoms with Crippen LogP contribution in [0.15, 0.2) is 12.3 Å². The van der Waals surface area contributed by atoms with Gasteiger partial charge in [0, 0.05) is 13.2 Å². The Morgan fingerprint density at radius 1 is 1.69 bits per heavy atom. The lowest BCUT2D eigenvalue weighted by atomic mass is 10.3. The van der Waals surface area contributed by atoms with Crippen molar-refractivity contribution in [1.82, 2.24) is 15.1 Å². The van der Waals surface area contributed by atoms with Crippen LogP contribution in [0.4, 0.5) is 0 Å². The van der Waals surface area contributed by atoms with Gasteiger partial charge in [0.25, 0.3) is 5.91 Å². The Labute approximate surface area is 92.0 Å². The number of aliphatic hydroxyl groups excluding tert-OH is 1. The number of hydrogen-bond donors (Lipinski definition) is 2. The third kappa shape index (κ3) is 2.57. The number of nitrogens with zero attached hydrogens (tertiary/aromatic N) is 2. The van der Waals surface area contributed by atoms with Crippen molar-refractivity contribution in [3.8, 4) is 0 Å². The van der Waals surface area contributed by atoms with Crippen LogP contribution in [0.5, 0.6) is 0 Å². The number of carbonyl (C=O) groups excluding carboxylic acids is 2. The van der Waals surface area contributed by atoms with Crippen molar-refractivity contribution in [2.45, 2.75) is 6.04 Å². The number of hydrogen-bond acceptors (Lipinski definition) is 5. The number of carbonyl (C=O) groups is 2. The number of nitrogens with one attached hydrogen (secondary N) is 1. The number of aryl methyl sites for hydroxylation is 1. The second-order valence-corrected chi connectivity index (χ2v) is 3.07. The molecule has 88 valence electrons. The molecule has 1 rings (SSSR count).